The molecule has 1 aromatic heterocycles. The number of hydrogen-bond acceptors (Lipinski definition) is 3. The number of benzene rings is 2. The number of aromatic nitrogens is 1. The molecular weight excluding hydrogens is 378 g/mol. The normalized spacial score (nSPS) is 10.3. The summed E-state index contributed by atoms with van der Waals surface area (Å²) in [7, 11) is 0. The Morgan fingerprint density at radius 2 is 1.72 bits per heavy atom. The third-order valence-corrected chi connectivity index (χ3v) is 4.20. The minimum atomic E-state index is -0.171. The van der Waals surface area contributed by atoms with Crippen LogP contribution in [0.5, 0.6) is 0 Å². The zero-order valence-electron chi connectivity index (χ0n) is 13.6. The topological polar surface area (TPSA) is 54.0 Å². The molecule has 1 heterocycles. The lowest BCUT2D eigenvalue weighted by Crippen LogP contribution is -2.26. The Hall–Kier alpha value is -2.66. The number of rotatable bonds is 6. The highest BCUT2D eigenvalue weighted by atomic mass is 79.9. The van der Waals surface area contributed by atoms with Crippen LogP contribution >= 0.6 is 15.9 Å². The molecule has 5 heteroatoms. The second-order valence-corrected chi connectivity index (χ2v) is 6.47. The van der Waals surface area contributed by atoms with Gasteiger partial charge in [-0.05, 0) is 48.4 Å². The average molecular weight is 396 g/mol. The third kappa shape index (κ3) is 5.16. The summed E-state index contributed by atoms with van der Waals surface area (Å²) in [5, 5.41) is 6.18. The van der Waals surface area contributed by atoms with Crippen molar-refractivity contribution in [2.75, 3.05) is 11.9 Å². The molecule has 0 atom stereocenters. The molecule has 0 unspecified atom stereocenters. The summed E-state index contributed by atoms with van der Waals surface area (Å²) in [6, 6.07) is 21.5. The highest BCUT2D eigenvalue weighted by molar-refractivity contribution is 9.10. The average Bonchev–Trinajstić information content (AvgIpc) is 2.65. The van der Waals surface area contributed by atoms with Gasteiger partial charge in [0.2, 0.25) is 0 Å². The summed E-state index contributed by atoms with van der Waals surface area (Å²) in [5.74, 6) is -0.171. The quantitative estimate of drug-likeness (QED) is 0.642. The zero-order valence-corrected chi connectivity index (χ0v) is 15.2. The summed E-state index contributed by atoms with van der Waals surface area (Å²) in [5.41, 5.74) is 3.37. The van der Waals surface area contributed by atoms with Crippen molar-refractivity contribution in [1.29, 1.82) is 0 Å². The van der Waals surface area contributed by atoms with E-state index >= 15 is 0 Å². The Morgan fingerprint density at radius 3 is 2.48 bits per heavy atom. The lowest BCUT2D eigenvalue weighted by atomic mass is 10.1. The maximum atomic E-state index is 12.3. The van der Waals surface area contributed by atoms with E-state index in [9.17, 15) is 4.79 Å². The van der Waals surface area contributed by atoms with Crippen molar-refractivity contribution in [3.05, 3.63) is 88.7 Å². The van der Waals surface area contributed by atoms with Gasteiger partial charge in [-0.1, -0.05) is 46.3 Å². The van der Waals surface area contributed by atoms with Crippen LogP contribution in [0.15, 0.2) is 77.4 Å². The van der Waals surface area contributed by atoms with Crippen LogP contribution in [0.1, 0.15) is 16.1 Å². The third-order valence-electron chi connectivity index (χ3n) is 3.67. The number of amides is 1. The number of anilines is 2. The van der Waals surface area contributed by atoms with Gasteiger partial charge >= 0.3 is 0 Å². The van der Waals surface area contributed by atoms with Crippen LogP contribution < -0.4 is 10.6 Å². The van der Waals surface area contributed by atoms with Gasteiger partial charge in [0.15, 0.2) is 0 Å². The van der Waals surface area contributed by atoms with E-state index in [4.69, 9.17) is 0 Å². The minimum Gasteiger partial charge on any atom is -0.355 e. The predicted octanol–water partition coefficient (Wildman–Crippen LogP) is 4.56. The van der Waals surface area contributed by atoms with Crippen molar-refractivity contribution in [2.24, 2.45) is 0 Å². The fraction of sp³-hybridized carbons (Fsp3) is 0.100. The fourth-order valence-electron chi connectivity index (χ4n) is 2.39. The first-order valence-corrected chi connectivity index (χ1v) is 8.81. The SMILES string of the molecule is O=C(NCCc1ccccc1)c1cc(Nc2ccc(Br)cc2)ccn1. The zero-order chi connectivity index (χ0) is 17.5. The second-order valence-electron chi connectivity index (χ2n) is 5.55. The number of hydrogen-bond donors (Lipinski definition) is 2. The monoisotopic (exact) mass is 395 g/mol. The van der Waals surface area contributed by atoms with Crippen molar-refractivity contribution in [2.45, 2.75) is 6.42 Å². The molecule has 25 heavy (non-hydrogen) atoms. The molecule has 126 valence electrons. The maximum absolute atomic E-state index is 12.3. The van der Waals surface area contributed by atoms with E-state index in [2.05, 4.69) is 31.5 Å². The number of carbonyl (C=O) groups excluding carboxylic acids is 1. The standard InChI is InChI=1S/C20H18BrN3O/c21-16-6-8-17(9-7-16)24-18-11-13-22-19(14-18)20(25)23-12-10-15-4-2-1-3-5-15/h1-9,11,13-14H,10,12H2,(H,22,24)(H,23,25). The van der Waals surface area contributed by atoms with Crippen LogP contribution in [0.2, 0.25) is 0 Å². The predicted molar refractivity (Wildman–Crippen MR) is 104 cm³/mol. The highest BCUT2D eigenvalue weighted by Crippen LogP contribution is 2.19. The molecule has 0 fully saturated rings. The first-order chi connectivity index (χ1) is 12.2. The lowest BCUT2D eigenvalue weighted by Gasteiger charge is -2.09. The van der Waals surface area contributed by atoms with E-state index in [1.807, 2.05) is 60.7 Å². The molecule has 0 aliphatic heterocycles. The molecule has 2 aromatic carbocycles. The maximum Gasteiger partial charge on any atom is 0.269 e. The van der Waals surface area contributed by atoms with Crippen LogP contribution in [0.4, 0.5) is 11.4 Å². The largest absolute Gasteiger partial charge is 0.355 e. The molecule has 0 aliphatic rings. The van der Waals surface area contributed by atoms with Gasteiger partial charge in [-0.3, -0.25) is 9.78 Å². The summed E-state index contributed by atoms with van der Waals surface area (Å²) in [6.07, 6.45) is 2.43. The van der Waals surface area contributed by atoms with Gasteiger partial charge in [-0.15, -0.1) is 0 Å². The second kappa shape index (κ2) is 8.44. The first kappa shape index (κ1) is 17.2. The van der Waals surface area contributed by atoms with Gasteiger partial charge in [-0.2, -0.15) is 0 Å². The molecule has 0 radical (unpaired) electrons. The highest BCUT2D eigenvalue weighted by Gasteiger charge is 2.07. The van der Waals surface area contributed by atoms with Crippen molar-refractivity contribution in [3.8, 4) is 0 Å². The lowest BCUT2D eigenvalue weighted by molar-refractivity contribution is 0.0949. The molecular formula is C20H18BrN3O. The fourth-order valence-corrected chi connectivity index (χ4v) is 2.65. The Bertz CT molecular complexity index is 835. The summed E-state index contributed by atoms with van der Waals surface area (Å²) >= 11 is 3.41. The smallest absolute Gasteiger partial charge is 0.269 e. The molecule has 2 N–H and O–H groups in total. The number of pyridine rings is 1. The van der Waals surface area contributed by atoms with Gasteiger partial charge in [0, 0.05) is 28.6 Å². The Morgan fingerprint density at radius 1 is 0.960 bits per heavy atom. The van der Waals surface area contributed by atoms with E-state index in [0.29, 0.717) is 12.2 Å². The molecule has 0 aliphatic carbocycles. The van der Waals surface area contributed by atoms with E-state index in [-0.39, 0.29) is 5.91 Å². The number of nitrogens with zero attached hydrogens (tertiary/aromatic N) is 1. The minimum absolute atomic E-state index is 0.171. The van der Waals surface area contributed by atoms with Crippen LogP contribution in [-0.4, -0.2) is 17.4 Å². The van der Waals surface area contributed by atoms with Crippen LogP contribution in [-0.2, 0) is 6.42 Å². The Kier molecular flexibility index (Phi) is 5.80. The van der Waals surface area contributed by atoms with Crippen LogP contribution in [0, 0.1) is 0 Å². The molecule has 3 rings (SSSR count). The molecule has 0 saturated carbocycles. The van der Waals surface area contributed by atoms with E-state index in [0.717, 1.165) is 22.3 Å². The molecule has 3 aromatic rings. The van der Waals surface area contributed by atoms with Gasteiger partial charge in [0.05, 0.1) is 0 Å². The number of nitrogens with one attached hydrogen (secondary N) is 2. The van der Waals surface area contributed by atoms with Gasteiger partial charge in [0.1, 0.15) is 5.69 Å². The molecule has 0 spiro atoms. The van der Waals surface area contributed by atoms with Crippen molar-refractivity contribution in [3.63, 3.8) is 0 Å². The number of carbonyl (C=O) groups is 1. The summed E-state index contributed by atoms with van der Waals surface area (Å²) in [4.78, 5) is 16.4. The molecule has 4 nitrogen and oxygen atoms in total. The number of halogens is 1. The molecule has 0 bridgehead atoms. The summed E-state index contributed by atoms with van der Waals surface area (Å²) < 4.78 is 1.02. The van der Waals surface area contributed by atoms with Crippen LogP contribution in [0.3, 0.4) is 0 Å². The van der Waals surface area contributed by atoms with E-state index in [1.165, 1.54) is 5.56 Å². The summed E-state index contributed by atoms with van der Waals surface area (Å²) in [6.45, 7) is 0.578. The van der Waals surface area contributed by atoms with Crippen molar-refractivity contribution < 1.29 is 4.79 Å². The van der Waals surface area contributed by atoms with E-state index < -0.39 is 0 Å². The first-order valence-electron chi connectivity index (χ1n) is 8.01. The Balaban J connectivity index is 1.58. The Labute approximate surface area is 155 Å². The van der Waals surface area contributed by atoms with Gasteiger partial charge in [0.25, 0.3) is 5.91 Å². The van der Waals surface area contributed by atoms with Crippen molar-refractivity contribution >= 4 is 33.2 Å². The van der Waals surface area contributed by atoms with Gasteiger partial charge in [-0.25, -0.2) is 0 Å². The molecule has 1 amide bonds. The van der Waals surface area contributed by atoms with E-state index in [1.54, 1.807) is 12.3 Å². The van der Waals surface area contributed by atoms with Gasteiger partial charge < -0.3 is 10.6 Å². The van der Waals surface area contributed by atoms with Crippen LogP contribution in [0.25, 0.3) is 0 Å². The molecule has 0 saturated heterocycles. The van der Waals surface area contributed by atoms with Crippen molar-refractivity contribution in [1.82, 2.24) is 10.3 Å².